The van der Waals surface area contributed by atoms with E-state index in [4.69, 9.17) is 14.2 Å². The lowest BCUT2D eigenvalue weighted by Crippen LogP contribution is -2.24. The third kappa shape index (κ3) is 3.72. The second-order valence-electron chi connectivity index (χ2n) is 5.26. The molecule has 6 heteroatoms. The van der Waals surface area contributed by atoms with Gasteiger partial charge in [-0.3, -0.25) is 4.79 Å². The van der Waals surface area contributed by atoms with Gasteiger partial charge in [0.2, 0.25) is 0 Å². The van der Waals surface area contributed by atoms with E-state index in [2.05, 4.69) is 5.32 Å². The second kappa shape index (κ2) is 7.14. The van der Waals surface area contributed by atoms with Gasteiger partial charge in [-0.1, -0.05) is 42.5 Å². The third-order valence-electron chi connectivity index (χ3n) is 3.57. The highest BCUT2D eigenvalue weighted by molar-refractivity contribution is 6.01. The average molecular weight is 327 g/mol. The maximum atomic E-state index is 12.1. The number of methoxy groups -OCH3 is 1. The van der Waals surface area contributed by atoms with Crippen LogP contribution in [0.3, 0.4) is 0 Å². The number of hydrogen-bond acceptors (Lipinski definition) is 5. The number of anilines is 1. The summed E-state index contributed by atoms with van der Waals surface area (Å²) in [5.41, 5.74) is 1.40. The minimum absolute atomic E-state index is 0.153. The molecule has 1 fully saturated rings. The molecule has 0 spiro atoms. The molecule has 0 saturated carbocycles. The van der Waals surface area contributed by atoms with Crippen molar-refractivity contribution in [1.82, 2.24) is 0 Å². The van der Waals surface area contributed by atoms with Gasteiger partial charge in [-0.15, -0.1) is 0 Å². The summed E-state index contributed by atoms with van der Waals surface area (Å²) in [6, 6.07) is 16.3. The number of amides is 1. The molecule has 1 N–H and O–H groups in total. The Labute approximate surface area is 139 Å². The van der Waals surface area contributed by atoms with Crippen molar-refractivity contribution in [3.8, 4) is 5.75 Å². The lowest BCUT2D eigenvalue weighted by Gasteiger charge is -2.08. The Kier molecular flexibility index (Phi) is 4.77. The van der Waals surface area contributed by atoms with E-state index >= 15 is 0 Å². The number of hydrogen-bond donors (Lipinski definition) is 1. The van der Waals surface area contributed by atoms with E-state index in [1.807, 2.05) is 30.3 Å². The maximum Gasteiger partial charge on any atom is 0.338 e. The Bertz CT molecular complexity index is 731. The van der Waals surface area contributed by atoms with E-state index in [9.17, 15) is 9.59 Å². The zero-order chi connectivity index (χ0) is 16.9. The molecule has 3 rings (SSSR count). The van der Waals surface area contributed by atoms with Gasteiger partial charge in [-0.2, -0.15) is 0 Å². The fourth-order valence-corrected chi connectivity index (χ4v) is 2.25. The van der Waals surface area contributed by atoms with Crippen molar-refractivity contribution in [3.63, 3.8) is 0 Å². The molecule has 2 unspecified atom stereocenters. The fraction of sp³-hybridized carbons (Fsp3) is 0.222. The van der Waals surface area contributed by atoms with Crippen LogP contribution in [0.1, 0.15) is 5.56 Å². The Balaban J connectivity index is 1.51. The standard InChI is InChI=1S/C18H17NO5/c1-22-14-10-6-5-9-13(14)19-17(20)15-16(24-15)18(21)23-11-12-7-3-2-4-8-12/h2-10,15-16H,11H2,1H3,(H,19,20). The largest absolute Gasteiger partial charge is 0.495 e. The van der Waals surface area contributed by atoms with Crippen LogP contribution in [0.4, 0.5) is 5.69 Å². The molecular formula is C18H17NO5. The SMILES string of the molecule is COc1ccccc1NC(=O)C1OC1C(=O)OCc1ccccc1. The maximum absolute atomic E-state index is 12.1. The van der Waals surface area contributed by atoms with Crippen LogP contribution in [-0.4, -0.2) is 31.2 Å². The van der Waals surface area contributed by atoms with E-state index in [1.54, 1.807) is 24.3 Å². The normalized spacial score (nSPS) is 18.5. The summed E-state index contributed by atoms with van der Waals surface area (Å²) in [4.78, 5) is 24.0. The van der Waals surface area contributed by atoms with Crippen LogP contribution in [-0.2, 0) is 25.7 Å². The number of rotatable bonds is 6. The van der Waals surface area contributed by atoms with Gasteiger partial charge >= 0.3 is 5.97 Å². The van der Waals surface area contributed by atoms with Crippen molar-refractivity contribution in [3.05, 3.63) is 60.2 Å². The van der Waals surface area contributed by atoms with Crippen molar-refractivity contribution in [2.75, 3.05) is 12.4 Å². The minimum Gasteiger partial charge on any atom is -0.495 e. The van der Waals surface area contributed by atoms with Crippen molar-refractivity contribution in [2.45, 2.75) is 18.8 Å². The van der Waals surface area contributed by atoms with Gasteiger partial charge in [0.15, 0.2) is 12.2 Å². The Morgan fingerprint density at radius 3 is 2.50 bits per heavy atom. The summed E-state index contributed by atoms with van der Waals surface area (Å²) in [6.45, 7) is 0.153. The van der Waals surface area contributed by atoms with E-state index in [-0.39, 0.29) is 6.61 Å². The van der Waals surface area contributed by atoms with Gasteiger partial charge in [0.25, 0.3) is 5.91 Å². The van der Waals surface area contributed by atoms with E-state index in [1.165, 1.54) is 7.11 Å². The van der Waals surface area contributed by atoms with E-state index in [0.29, 0.717) is 11.4 Å². The molecular weight excluding hydrogens is 310 g/mol. The summed E-state index contributed by atoms with van der Waals surface area (Å²) >= 11 is 0. The molecule has 124 valence electrons. The molecule has 0 aromatic heterocycles. The topological polar surface area (TPSA) is 77.2 Å². The Hall–Kier alpha value is -2.86. The number of ether oxygens (including phenoxy) is 3. The van der Waals surface area contributed by atoms with Crippen LogP contribution >= 0.6 is 0 Å². The summed E-state index contributed by atoms with van der Waals surface area (Å²) in [5, 5.41) is 2.69. The number of esters is 1. The molecule has 2 atom stereocenters. The number of carbonyl (C=O) groups is 2. The van der Waals surface area contributed by atoms with Crippen LogP contribution in [0, 0.1) is 0 Å². The van der Waals surface area contributed by atoms with Crippen LogP contribution in [0.5, 0.6) is 5.75 Å². The lowest BCUT2D eigenvalue weighted by atomic mass is 10.2. The predicted molar refractivity (Wildman–Crippen MR) is 86.5 cm³/mol. The van der Waals surface area contributed by atoms with Crippen molar-refractivity contribution in [2.24, 2.45) is 0 Å². The number of carbonyl (C=O) groups excluding carboxylic acids is 2. The van der Waals surface area contributed by atoms with E-state index < -0.39 is 24.1 Å². The van der Waals surface area contributed by atoms with Gasteiger partial charge in [0.1, 0.15) is 12.4 Å². The molecule has 24 heavy (non-hydrogen) atoms. The summed E-state index contributed by atoms with van der Waals surface area (Å²) in [6.07, 6.45) is -1.69. The molecule has 0 radical (unpaired) electrons. The molecule has 1 amide bonds. The zero-order valence-corrected chi connectivity index (χ0v) is 13.1. The van der Waals surface area contributed by atoms with Crippen LogP contribution < -0.4 is 10.1 Å². The van der Waals surface area contributed by atoms with Crippen molar-refractivity contribution in [1.29, 1.82) is 0 Å². The second-order valence-corrected chi connectivity index (χ2v) is 5.26. The minimum atomic E-state index is -0.858. The highest BCUT2D eigenvalue weighted by Crippen LogP contribution is 2.28. The summed E-state index contributed by atoms with van der Waals surface area (Å²) in [5.74, 6) is -0.408. The highest BCUT2D eigenvalue weighted by atomic mass is 16.6. The van der Waals surface area contributed by atoms with Gasteiger partial charge in [-0.25, -0.2) is 4.79 Å². The highest BCUT2D eigenvalue weighted by Gasteiger charge is 2.51. The number of nitrogens with one attached hydrogen (secondary N) is 1. The first-order valence-electron chi connectivity index (χ1n) is 7.49. The summed E-state index contributed by atoms with van der Waals surface area (Å²) < 4.78 is 15.5. The van der Waals surface area contributed by atoms with Gasteiger partial charge in [-0.05, 0) is 17.7 Å². The predicted octanol–water partition coefficient (Wildman–Crippen LogP) is 2.14. The number of epoxide rings is 1. The fourth-order valence-electron chi connectivity index (χ4n) is 2.25. The Morgan fingerprint density at radius 2 is 1.75 bits per heavy atom. The first kappa shape index (κ1) is 16.0. The zero-order valence-electron chi connectivity index (χ0n) is 13.1. The quantitative estimate of drug-likeness (QED) is 0.650. The van der Waals surface area contributed by atoms with Crippen molar-refractivity contribution >= 4 is 17.6 Å². The monoisotopic (exact) mass is 327 g/mol. The lowest BCUT2D eigenvalue weighted by molar-refractivity contribution is -0.146. The molecule has 1 saturated heterocycles. The number of benzene rings is 2. The molecule has 2 aromatic rings. The molecule has 0 bridgehead atoms. The third-order valence-corrected chi connectivity index (χ3v) is 3.57. The van der Waals surface area contributed by atoms with Crippen LogP contribution in [0.2, 0.25) is 0 Å². The molecule has 1 aliphatic heterocycles. The van der Waals surface area contributed by atoms with E-state index in [0.717, 1.165) is 5.56 Å². The first-order valence-corrected chi connectivity index (χ1v) is 7.49. The van der Waals surface area contributed by atoms with Gasteiger partial charge < -0.3 is 19.5 Å². The molecule has 0 aliphatic carbocycles. The average Bonchev–Trinajstić information content (AvgIpc) is 3.42. The number of para-hydroxylation sites is 2. The Morgan fingerprint density at radius 1 is 1.04 bits per heavy atom. The molecule has 1 heterocycles. The van der Waals surface area contributed by atoms with Gasteiger partial charge in [0.05, 0.1) is 12.8 Å². The molecule has 1 aliphatic rings. The smallest absolute Gasteiger partial charge is 0.338 e. The van der Waals surface area contributed by atoms with Crippen LogP contribution in [0.25, 0.3) is 0 Å². The molecule has 6 nitrogen and oxygen atoms in total. The van der Waals surface area contributed by atoms with Crippen molar-refractivity contribution < 1.29 is 23.8 Å². The molecule has 2 aromatic carbocycles. The van der Waals surface area contributed by atoms with Gasteiger partial charge in [0, 0.05) is 0 Å². The first-order chi connectivity index (χ1) is 11.7. The van der Waals surface area contributed by atoms with Crippen LogP contribution in [0.15, 0.2) is 54.6 Å². The summed E-state index contributed by atoms with van der Waals surface area (Å²) in [7, 11) is 1.52.